The lowest BCUT2D eigenvalue weighted by molar-refractivity contribution is -0.134. The zero-order valence-corrected chi connectivity index (χ0v) is 12.8. The molecule has 124 valence electrons. The van der Waals surface area contributed by atoms with Gasteiger partial charge in [-0.2, -0.15) is 13.2 Å². The highest BCUT2D eigenvalue weighted by molar-refractivity contribution is 5.94. The molecule has 0 aliphatic heterocycles. The first-order chi connectivity index (χ1) is 10.2. The predicted molar refractivity (Wildman–Crippen MR) is 78.6 cm³/mol. The van der Waals surface area contributed by atoms with Crippen molar-refractivity contribution >= 4 is 5.91 Å². The van der Waals surface area contributed by atoms with Gasteiger partial charge >= 0.3 is 6.18 Å². The summed E-state index contributed by atoms with van der Waals surface area (Å²) in [5.74, 6) is -0.00926. The van der Waals surface area contributed by atoms with Crippen molar-refractivity contribution in [2.75, 3.05) is 6.54 Å². The predicted octanol–water partition coefficient (Wildman–Crippen LogP) is 3.32. The van der Waals surface area contributed by atoms with E-state index in [1.54, 1.807) is 0 Å². The van der Waals surface area contributed by atoms with Crippen molar-refractivity contribution in [3.8, 4) is 0 Å². The minimum atomic E-state index is -4.18. The first-order valence-electron chi connectivity index (χ1n) is 7.29. The van der Waals surface area contributed by atoms with Gasteiger partial charge in [-0.15, -0.1) is 0 Å². The summed E-state index contributed by atoms with van der Waals surface area (Å²) < 4.78 is 36.4. The smallest absolute Gasteiger partial charge is 0.389 e. The van der Waals surface area contributed by atoms with E-state index in [4.69, 9.17) is 0 Å². The maximum absolute atomic E-state index is 12.1. The summed E-state index contributed by atoms with van der Waals surface area (Å²) in [7, 11) is 0. The number of aryl methyl sites for hydroxylation is 1. The maximum atomic E-state index is 12.1. The van der Waals surface area contributed by atoms with E-state index >= 15 is 0 Å². The number of nitrogens with one attached hydrogen (secondary N) is 1. The zero-order valence-electron chi connectivity index (χ0n) is 12.8. The van der Waals surface area contributed by atoms with Gasteiger partial charge in [0.05, 0.1) is 6.10 Å². The summed E-state index contributed by atoms with van der Waals surface area (Å²) in [6.45, 7) is 4.11. The normalized spacial score (nSPS) is 13.2. The first kappa shape index (κ1) is 18.5. The first-order valence-corrected chi connectivity index (χ1v) is 7.29. The fourth-order valence-corrected chi connectivity index (χ4v) is 2.05. The van der Waals surface area contributed by atoms with Gasteiger partial charge in [0.15, 0.2) is 0 Å². The van der Waals surface area contributed by atoms with Crippen LogP contribution in [0.15, 0.2) is 24.3 Å². The third-order valence-electron chi connectivity index (χ3n) is 3.15. The molecule has 1 amide bonds. The highest BCUT2D eigenvalue weighted by Crippen LogP contribution is 2.22. The third-order valence-corrected chi connectivity index (χ3v) is 3.15. The van der Waals surface area contributed by atoms with Crippen LogP contribution in [-0.2, 0) is 6.42 Å². The second-order valence-corrected chi connectivity index (χ2v) is 5.81. The quantitative estimate of drug-likeness (QED) is 0.810. The van der Waals surface area contributed by atoms with Gasteiger partial charge in [-0.25, -0.2) is 0 Å². The molecule has 0 saturated heterocycles. The Balaban J connectivity index is 2.47. The molecule has 22 heavy (non-hydrogen) atoms. The summed E-state index contributed by atoms with van der Waals surface area (Å²) in [6.07, 6.45) is -5.16. The fraction of sp³-hybridized carbons (Fsp3) is 0.562. The van der Waals surface area contributed by atoms with E-state index in [0.29, 0.717) is 23.5 Å². The Morgan fingerprint density at radius 3 is 2.32 bits per heavy atom. The van der Waals surface area contributed by atoms with Gasteiger partial charge in [-0.3, -0.25) is 4.79 Å². The number of carbonyl (C=O) groups excluding carboxylic acids is 1. The van der Waals surface area contributed by atoms with Crippen LogP contribution in [0.5, 0.6) is 0 Å². The van der Waals surface area contributed by atoms with E-state index in [2.05, 4.69) is 5.32 Å². The average molecular weight is 317 g/mol. The van der Waals surface area contributed by atoms with Crippen LogP contribution in [-0.4, -0.2) is 29.8 Å². The minimum Gasteiger partial charge on any atom is -0.391 e. The van der Waals surface area contributed by atoms with Gasteiger partial charge in [0.2, 0.25) is 0 Å². The number of hydrogen-bond donors (Lipinski definition) is 2. The van der Waals surface area contributed by atoms with Crippen molar-refractivity contribution < 1.29 is 23.1 Å². The molecule has 1 rings (SSSR count). The van der Waals surface area contributed by atoms with Gasteiger partial charge < -0.3 is 10.4 Å². The van der Waals surface area contributed by atoms with E-state index < -0.39 is 18.7 Å². The second-order valence-electron chi connectivity index (χ2n) is 5.81. The Hall–Kier alpha value is -1.56. The molecular formula is C16H22F3NO2. The van der Waals surface area contributed by atoms with Gasteiger partial charge in [0, 0.05) is 18.5 Å². The Kier molecular flexibility index (Phi) is 6.87. The van der Waals surface area contributed by atoms with Crippen molar-refractivity contribution in [2.45, 2.75) is 45.4 Å². The number of amides is 1. The van der Waals surface area contributed by atoms with E-state index in [1.807, 2.05) is 13.8 Å². The lowest BCUT2D eigenvalue weighted by atomic mass is 10.1. The number of rotatable bonds is 7. The van der Waals surface area contributed by atoms with Crippen molar-refractivity contribution in [3.05, 3.63) is 35.4 Å². The molecule has 1 atom stereocenters. The average Bonchev–Trinajstić information content (AvgIpc) is 2.41. The summed E-state index contributed by atoms with van der Waals surface area (Å²) >= 11 is 0. The highest BCUT2D eigenvalue weighted by atomic mass is 19.4. The number of benzene rings is 1. The molecule has 0 aliphatic rings. The van der Waals surface area contributed by atoms with Crippen LogP contribution in [0.4, 0.5) is 13.2 Å². The molecule has 0 aliphatic carbocycles. The van der Waals surface area contributed by atoms with Crippen LogP contribution in [0.3, 0.4) is 0 Å². The molecule has 1 unspecified atom stereocenters. The Bertz CT molecular complexity index is 469. The second kappa shape index (κ2) is 8.17. The lowest BCUT2D eigenvalue weighted by Gasteiger charge is -2.14. The highest BCUT2D eigenvalue weighted by Gasteiger charge is 2.26. The third kappa shape index (κ3) is 7.45. The minimum absolute atomic E-state index is 0.0987. The van der Waals surface area contributed by atoms with E-state index in [-0.39, 0.29) is 18.9 Å². The molecule has 0 fully saturated rings. The van der Waals surface area contributed by atoms with Gasteiger partial charge in [-0.05, 0) is 36.5 Å². The number of hydrogen-bond acceptors (Lipinski definition) is 2. The number of alkyl halides is 3. The maximum Gasteiger partial charge on any atom is 0.389 e. The monoisotopic (exact) mass is 317 g/mol. The van der Waals surface area contributed by atoms with Crippen molar-refractivity contribution in [1.82, 2.24) is 5.32 Å². The molecule has 0 radical (unpaired) electrons. The largest absolute Gasteiger partial charge is 0.391 e. The Labute approximate surface area is 128 Å². The molecule has 0 saturated carbocycles. The number of aliphatic hydroxyl groups is 1. The molecule has 0 bridgehead atoms. The van der Waals surface area contributed by atoms with Crippen LogP contribution >= 0.6 is 0 Å². The van der Waals surface area contributed by atoms with Gasteiger partial charge in [0.25, 0.3) is 5.91 Å². The van der Waals surface area contributed by atoms with Crippen molar-refractivity contribution in [3.63, 3.8) is 0 Å². The number of halogens is 3. The molecule has 0 spiro atoms. The lowest BCUT2D eigenvalue weighted by Crippen LogP contribution is -2.32. The summed E-state index contributed by atoms with van der Waals surface area (Å²) in [6, 6.07) is 6.03. The zero-order chi connectivity index (χ0) is 16.8. The molecular weight excluding hydrogens is 295 g/mol. The fourth-order valence-electron chi connectivity index (χ4n) is 2.05. The SMILES string of the molecule is CC(C)CC(O)CNC(=O)c1ccc(CCC(F)(F)F)cc1. The van der Waals surface area contributed by atoms with Crippen LogP contribution in [0.2, 0.25) is 0 Å². The molecule has 0 heterocycles. The van der Waals surface area contributed by atoms with E-state index in [0.717, 1.165) is 0 Å². The summed E-state index contributed by atoms with van der Waals surface area (Å²) in [5.41, 5.74) is 0.904. The summed E-state index contributed by atoms with van der Waals surface area (Å²) in [4.78, 5) is 11.9. The topological polar surface area (TPSA) is 49.3 Å². The number of aliphatic hydroxyl groups excluding tert-OH is 1. The number of carbonyl (C=O) groups is 1. The van der Waals surface area contributed by atoms with Crippen LogP contribution < -0.4 is 5.32 Å². The molecule has 2 N–H and O–H groups in total. The van der Waals surface area contributed by atoms with Crippen LogP contribution in [0.25, 0.3) is 0 Å². The van der Waals surface area contributed by atoms with Crippen LogP contribution in [0.1, 0.15) is 42.6 Å². The van der Waals surface area contributed by atoms with Crippen LogP contribution in [0, 0.1) is 5.92 Å². The van der Waals surface area contributed by atoms with E-state index in [1.165, 1.54) is 24.3 Å². The van der Waals surface area contributed by atoms with Gasteiger partial charge in [-0.1, -0.05) is 26.0 Å². The Morgan fingerprint density at radius 1 is 1.23 bits per heavy atom. The molecule has 0 aromatic heterocycles. The van der Waals surface area contributed by atoms with Crippen molar-refractivity contribution in [2.24, 2.45) is 5.92 Å². The standard InChI is InChI=1S/C16H22F3NO2/c1-11(2)9-14(21)10-20-15(22)13-5-3-12(4-6-13)7-8-16(17,18)19/h3-6,11,14,21H,7-10H2,1-2H3,(H,20,22). The molecule has 3 nitrogen and oxygen atoms in total. The molecule has 1 aromatic carbocycles. The molecule has 1 aromatic rings. The summed E-state index contributed by atoms with van der Waals surface area (Å²) in [5, 5.41) is 12.3. The molecule has 6 heteroatoms. The Morgan fingerprint density at radius 2 is 1.82 bits per heavy atom. The van der Waals surface area contributed by atoms with Crippen molar-refractivity contribution in [1.29, 1.82) is 0 Å². The van der Waals surface area contributed by atoms with Gasteiger partial charge in [0.1, 0.15) is 0 Å². The van der Waals surface area contributed by atoms with E-state index in [9.17, 15) is 23.1 Å².